The first-order valence-electron chi connectivity index (χ1n) is 11.3. The molecule has 0 spiro atoms. The lowest BCUT2D eigenvalue weighted by Gasteiger charge is -2.41. The topological polar surface area (TPSA) is 45.7 Å². The van der Waals surface area contributed by atoms with Crippen LogP contribution in [-0.2, 0) is 22.6 Å². The summed E-state index contributed by atoms with van der Waals surface area (Å²) in [6.45, 7) is 8.36. The van der Waals surface area contributed by atoms with Gasteiger partial charge in [-0.2, -0.15) is 0 Å². The van der Waals surface area contributed by atoms with Crippen LogP contribution < -0.4 is 4.90 Å². The summed E-state index contributed by atoms with van der Waals surface area (Å²) in [5, 5.41) is 0. The quantitative estimate of drug-likeness (QED) is 0.785. The van der Waals surface area contributed by atoms with Crippen LogP contribution in [-0.4, -0.2) is 48.1 Å². The molecule has 4 rings (SSSR count). The molecule has 1 saturated heterocycles. The van der Waals surface area contributed by atoms with Crippen molar-refractivity contribution in [2.75, 3.05) is 31.1 Å². The zero-order chi connectivity index (χ0) is 19.5. The van der Waals surface area contributed by atoms with E-state index in [9.17, 15) is 4.79 Å². The molecule has 1 aromatic rings. The summed E-state index contributed by atoms with van der Waals surface area (Å²) in [6, 6.07) is 2.55. The molecule has 154 valence electrons. The standard InChI is InChI=1S/C23H35N3O2/c1-3-7-22(27)26-12-11-25(15-17(26)2)21-14-19-10-13-28-16-20(19)23(24-21)18-8-5-4-6-9-18/h14,17-18H,3-13,15-16H2,1-2H3/t17-/m1/s1. The van der Waals surface area contributed by atoms with Crippen molar-refractivity contribution in [3.05, 3.63) is 22.9 Å². The first kappa shape index (κ1) is 19.7. The molecule has 3 heterocycles. The lowest BCUT2D eigenvalue weighted by molar-refractivity contribution is -0.133. The number of aromatic nitrogens is 1. The number of fused-ring (bicyclic) bond motifs is 1. The van der Waals surface area contributed by atoms with Crippen LogP contribution in [0.4, 0.5) is 5.82 Å². The van der Waals surface area contributed by atoms with E-state index in [0.29, 0.717) is 18.2 Å². The van der Waals surface area contributed by atoms with Gasteiger partial charge in [-0.15, -0.1) is 0 Å². The van der Waals surface area contributed by atoms with E-state index < -0.39 is 0 Å². The molecule has 28 heavy (non-hydrogen) atoms. The molecule has 2 fully saturated rings. The fourth-order valence-electron chi connectivity index (χ4n) is 5.15. The molecule has 3 aliphatic rings. The highest BCUT2D eigenvalue weighted by Crippen LogP contribution is 2.37. The second-order valence-electron chi connectivity index (χ2n) is 8.77. The first-order chi connectivity index (χ1) is 13.7. The lowest BCUT2D eigenvalue weighted by Crippen LogP contribution is -2.54. The van der Waals surface area contributed by atoms with Crippen molar-refractivity contribution < 1.29 is 9.53 Å². The largest absolute Gasteiger partial charge is 0.376 e. The summed E-state index contributed by atoms with van der Waals surface area (Å²) in [5.41, 5.74) is 4.12. The van der Waals surface area contributed by atoms with Gasteiger partial charge in [-0.25, -0.2) is 4.98 Å². The maximum absolute atomic E-state index is 12.4. The number of nitrogens with zero attached hydrogens (tertiary/aromatic N) is 3. The van der Waals surface area contributed by atoms with Gasteiger partial charge in [0.15, 0.2) is 0 Å². The predicted molar refractivity (Wildman–Crippen MR) is 112 cm³/mol. The summed E-state index contributed by atoms with van der Waals surface area (Å²) in [6.07, 6.45) is 9.10. The number of ether oxygens (including phenoxy) is 1. The highest BCUT2D eigenvalue weighted by atomic mass is 16.5. The highest BCUT2D eigenvalue weighted by Gasteiger charge is 2.30. The molecule has 0 aromatic carbocycles. The van der Waals surface area contributed by atoms with Crippen molar-refractivity contribution >= 4 is 11.7 Å². The van der Waals surface area contributed by atoms with Gasteiger partial charge in [-0.05, 0) is 44.2 Å². The Hall–Kier alpha value is -1.62. The number of hydrogen-bond donors (Lipinski definition) is 0. The maximum atomic E-state index is 12.4. The normalized spacial score (nSPS) is 23.6. The van der Waals surface area contributed by atoms with E-state index in [1.54, 1.807) is 0 Å². The SMILES string of the molecule is CCCC(=O)N1CCN(c2cc3c(c(C4CCCCC4)n2)COCC3)C[C@H]1C. The van der Waals surface area contributed by atoms with Crippen LogP contribution in [0.5, 0.6) is 0 Å². The van der Waals surface area contributed by atoms with Crippen molar-refractivity contribution in [1.82, 2.24) is 9.88 Å². The number of carbonyl (C=O) groups excluding carboxylic acids is 1. The average Bonchev–Trinajstić information content (AvgIpc) is 2.73. The molecule has 5 heteroatoms. The van der Waals surface area contributed by atoms with Gasteiger partial charge in [0, 0.05) is 43.6 Å². The zero-order valence-electron chi connectivity index (χ0n) is 17.6. The maximum Gasteiger partial charge on any atom is 0.222 e. The Balaban J connectivity index is 1.57. The first-order valence-corrected chi connectivity index (χ1v) is 11.3. The molecule has 1 saturated carbocycles. The van der Waals surface area contributed by atoms with Crippen molar-refractivity contribution in [1.29, 1.82) is 0 Å². The van der Waals surface area contributed by atoms with Crippen LogP contribution in [0.25, 0.3) is 0 Å². The molecular weight excluding hydrogens is 350 g/mol. The Morgan fingerprint density at radius 3 is 2.82 bits per heavy atom. The lowest BCUT2D eigenvalue weighted by atomic mass is 9.83. The number of hydrogen-bond acceptors (Lipinski definition) is 4. The van der Waals surface area contributed by atoms with Crippen LogP contribution in [0.1, 0.15) is 81.5 Å². The van der Waals surface area contributed by atoms with Gasteiger partial charge in [-0.3, -0.25) is 4.79 Å². The molecule has 1 atom stereocenters. The van der Waals surface area contributed by atoms with E-state index in [-0.39, 0.29) is 6.04 Å². The van der Waals surface area contributed by atoms with Gasteiger partial charge in [0.2, 0.25) is 5.91 Å². The fourth-order valence-corrected chi connectivity index (χ4v) is 5.15. The third-order valence-electron chi connectivity index (χ3n) is 6.72. The summed E-state index contributed by atoms with van der Waals surface area (Å²) in [7, 11) is 0. The van der Waals surface area contributed by atoms with Crippen LogP contribution in [0.2, 0.25) is 0 Å². The Kier molecular flexibility index (Phi) is 6.19. The van der Waals surface area contributed by atoms with Crippen LogP contribution in [0, 0.1) is 0 Å². The smallest absolute Gasteiger partial charge is 0.222 e. The van der Waals surface area contributed by atoms with Gasteiger partial charge < -0.3 is 14.5 Å². The van der Waals surface area contributed by atoms with Crippen molar-refractivity contribution in [3.63, 3.8) is 0 Å². The number of rotatable bonds is 4. The number of amides is 1. The number of pyridine rings is 1. The third-order valence-corrected chi connectivity index (χ3v) is 6.72. The number of piperazine rings is 1. The molecular formula is C23H35N3O2. The molecule has 1 amide bonds. The Morgan fingerprint density at radius 1 is 1.25 bits per heavy atom. The number of anilines is 1. The van der Waals surface area contributed by atoms with Crippen LogP contribution in [0.3, 0.4) is 0 Å². The van der Waals surface area contributed by atoms with E-state index >= 15 is 0 Å². The van der Waals surface area contributed by atoms with Gasteiger partial charge in [0.05, 0.1) is 18.9 Å². The van der Waals surface area contributed by atoms with Gasteiger partial charge in [0.1, 0.15) is 5.82 Å². The number of carbonyl (C=O) groups is 1. The summed E-state index contributed by atoms with van der Waals surface area (Å²) in [5.74, 6) is 2.01. The van der Waals surface area contributed by atoms with Crippen LogP contribution >= 0.6 is 0 Å². The summed E-state index contributed by atoms with van der Waals surface area (Å²) < 4.78 is 5.80. The highest BCUT2D eigenvalue weighted by molar-refractivity contribution is 5.76. The van der Waals surface area contributed by atoms with E-state index in [1.807, 2.05) is 0 Å². The van der Waals surface area contributed by atoms with Crippen molar-refractivity contribution in [2.24, 2.45) is 0 Å². The molecule has 2 aliphatic heterocycles. The molecule has 1 aromatic heterocycles. The molecule has 0 bridgehead atoms. The van der Waals surface area contributed by atoms with Gasteiger partial charge in [0.25, 0.3) is 0 Å². The van der Waals surface area contributed by atoms with E-state index in [0.717, 1.165) is 51.5 Å². The zero-order valence-corrected chi connectivity index (χ0v) is 17.6. The van der Waals surface area contributed by atoms with Crippen molar-refractivity contribution in [2.45, 2.75) is 83.8 Å². The van der Waals surface area contributed by atoms with Gasteiger partial charge in [-0.1, -0.05) is 26.2 Å². The minimum absolute atomic E-state index is 0.243. The molecule has 0 unspecified atom stereocenters. The third kappa shape index (κ3) is 4.05. The monoisotopic (exact) mass is 385 g/mol. The molecule has 5 nitrogen and oxygen atoms in total. The minimum atomic E-state index is 0.243. The Labute approximate surface area is 169 Å². The van der Waals surface area contributed by atoms with E-state index in [1.165, 1.54) is 48.9 Å². The Bertz CT molecular complexity index is 699. The fraction of sp³-hybridized carbons (Fsp3) is 0.739. The molecule has 0 N–H and O–H groups in total. The Morgan fingerprint density at radius 2 is 2.07 bits per heavy atom. The average molecular weight is 386 g/mol. The summed E-state index contributed by atoms with van der Waals surface area (Å²) >= 11 is 0. The predicted octanol–water partition coefficient (Wildman–Crippen LogP) is 4.04. The van der Waals surface area contributed by atoms with Crippen molar-refractivity contribution in [3.8, 4) is 0 Å². The molecule has 1 aliphatic carbocycles. The van der Waals surface area contributed by atoms with E-state index in [2.05, 4.69) is 29.7 Å². The summed E-state index contributed by atoms with van der Waals surface area (Å²) in [4.78, 5) is 22.1. The van der Waals surface area contributed by atoms with Crippen LogP contribution in [0.15, 0.2) is 6.07 Å². The minimum Gasteiger partial charge on any atom is -0.376 e. The van der Waals surface area contributed by atoms with Gasteiger partial charge >= 0.3 is 0 Å². The van der Waals surface area contributed by atoms with E-state index in [4.69, 9.17) is 9.72 Å². The molecule has 0 radical (unpaired) electrons. The second-order valence-corrected chi connectivity index (χ2v) is 8.77. The second kappa shape index (κ2) is 8.81.